The Kier molecular flexibility index (Phi) is 13.6. The highest BCUT2D eigenvalue weighted by atomic mass is 16.3. The third kappa shape index (κ3) is 9.76. The van der Waals surface area contributed by atoms with Gasteiger partial charge in [0.15, 0.2) is 5.78 Å². The highest BCUT2D eigenvalue weighted by molar-refractivity contribution is 6.00. The van der Waals surface area contributed by atoms with Crippen molar-refractivity contribution in [2.24, 2.45) is 0 Å². The van der Waals surface area contributed by atoms with Gasteiger partial charge in [0, 0.05) is 17.4 Å². The molecule has 0 spiro atoms. The fourth-order valence-electron chi connectivity index (χ4n) is 5.01. The van der Waals surface area contributed by atoms with Crippen LogP contribution in [0.5, 0.6) is 0 Å². The quantitative estimate of drug-likeness (QED) is 0.189. The van der Waals surface area contributed by atoms with Gasteiger partial charge in [-0.05, 0) is 66.6 Å². The van der Waals surface area contributed by atoms with E-state index in [2.05, 4.69) is 49.4 Å². The average molecular weight is 583 g/mol. The summed E-state index contributed by atoms with van der Waals surface area (Å²) >= 11 is 0. The summed E-state index contributed by atoms with van der Waals surface area (Å²) in [6.45, 7) is 12.0. The van der Waals surface area contributed by atoms with Crippen LogP contribution in [0.2, 0.25) is 0 Å². The molecule has 0 bridgehead atoms. The molecule has 2 heteroatoms. The molecule has 4 aromatic rings. The third-order valence-electron chi connectivity index (χ3n) is 7.68. The average Bonchev–Trinajstić information content (AvgIpc) is 3.06. The Morgan fingerprint density at radius 2 is 0.818 bits per heavy atom. The Hall–Kier alpha value is -4.53. The molecule has 0 radical (unpaired) electrons. The molecule has 226 valence electrons. The number of ketones is 1. The molecule has 1 N–H and O–H groups in total. The Labute approximate surface area is 264 Å². The van der Waals surface area contributed by atoms with E-state index in [1.807, 2.05) is 138 Å². The van der Waals surface area contributed by atoms with E-state index in [1.54, 1.807) is 0 Å². The van der Waals surface area contributed by atoms with Crippen LogP contribution in [0.3, 0.4) is 0 Å². The van der Waals surface area contributed by atoms with E-state index in [4.69, 9.17) is 0 Å². The minimum atomic E-state index is -0.493. The minimum absolute atomic E-state index is 0.0622. The third-order valence-corrected chi connectivity index (χ3v) is 7.68. The van der Waals surface area contributed by atoms with Gasteiger partial charge >= 0.3 is 0 Å². The molecular weight excluding hydrogens is 536 g/mol. The van der Waals surface area contributed by atoms with Crippen molar-refractivity contribution in [2.45, 2.75) is 59.5 Å². The zero-order valence-corrected chi connectivity index (χ0v) is 26.9. The molecule has 0 heterocycles. The van der Waals surface area contributed by atoms with Crippen molar-refractivity contribution in [3.8, 4) is 0 Å². The second-order valence-corrected chi connectivity index (χ2v) is 10.9. The molecule has 0 saturated carbocycles. The smallest absolute Gasteiger partial charge is 0.170 e. The number of hydrogen-bond acceptors (Lipinski definition) is 2. The number of Topliss-reactive ketones (excluding diaryl/α,β-unsaturated/α-hetero) is 1. The monoisotopic (exact) mass is 582 g/mol. The number of rotatable bonds is 10. The van der Waals surface area contributed by atoms with E-state index in [9.17, 15) is 9.90 Å². The molecule has 3 atom stereocenters. The zero-order chi connectivity index (χ0) is 31.9. The van der Waals surface area contributed by atoms with Crippen molar-refractivity contribution in [3.63, 3.8) is 0 Å². The van der Waals surface area contributed by atoms with Gasteiger partial charge in [0.2, 0.25) is 0 Å². The van der Waals surface area contributed by atoms with E-state index >= 15 is 0 Å². The van der Waals surface area contributed by atoms with Crippen LogP contribution in [-0.2, 0) is 0 Å². The topological polar surface area (TPSA) is 37.3 Å². The molecule has 0 aliphatic carbocycles. The van der Waals surface area contributed by atoms with Crippen molar-refractivity contribution in [3.05, 3.63) is 166 Å². The number of carbonyl (C=O) groups excluding carboxylic acids is 1. The summed E-state index contributed by atoms with van der Waals surface area (Å²) in [5.41, 5.74) is 8.53. The van der Waals surface area contributed by atoms with Gasteiger partial charge < -0.3 is 5.11 Å². The van der Waals surface area contributed by atoms with Crippen LogP contribution in [0.15, 0.2) is 121 Å². The predicted molar refractivity (Wildman–Crippen MR) is 191 cm³/mol. The summed E-state index contributed by atoms with van der Waals surface area (Å²) < 4.78 is 0. The van der Waals surface area contributed by atoms with Crippen LogP contribution < -0.4 is 0 Å². The van der Waals surface area contributed by atoms with Crippen molar-refractivity contribution in [1.29, 1.82) is 0 Å². The molecule has 0 amide bonds. The second kappa shape index (κ2) is 17.6. The van der Waals surface area contributed by atoms with E-state index < -0.39 is 6.10 Å². The number of aliphatic hydroxyl groups is 1. The van der Waals surface area contributed by atoms with Crippen LogP contribution in [0, 0.1) is 0 Å². The van der Waals surface area contributed by atoms with Crippen molar-refractivity contribution < 1.29 is 9.90 Å². The fourth-order valence-corrected chi connectivity index (χ4v) is 5.01. The summed E-state index contributed by atoms with van der Waals surface area (Å²) in [6, 6.07) is 32.4. The van der Waals surface area contributed by atoms with Gasteiger partial charge in [-0.1, -0.05) is 160 Å². The van der Waals surface area contributed by atoms with E-state index in [0.717, 1.165) is 38.9 Å². The maximum Gasteiger partial charge on any atom is 0.170 e. The molecular formula is C42H46O2. The Morgan fingerprint density at radius 3 is 1.18 bits per heavy atom. The highest BCUT2D eigenvalue weighted by Gasteiger charge is 2.18. The van der Waals surface area contributed by atoms with Crippen molar-refractivity contribution in [1.82, 2.24) is 0 Å². The van der Waals surface area contributed by atoms with Gasteiger partial charge in [-0.2, -0.15) is 0 Å². The van der Waals surface area contributed by atoms with Gasteiger partial charge in [-0.25, -0.2) is 0 Å². The molecule has 4 rings (SSSR count). The van der Waals surface area contributed by atoms with Crippen LogP contribution in [0.1, 0.15) is 109 Å². The van der Waals surface area contributed by atoms with E-state index in [-0.39, 0.29) is 17.6 Å². The molecule has 0 aromatic heterocycles. The molecule has 4 aromatic carbocycles. The lowest BCUT2D eigenvalue weighted by Crippen LogP contribution is -2.09. The molecule has 0 saturated heterocycles. The van der Waals surface area contributed by atoms with Crippen LogP contribution in [0.25, 0.3) is 24.3 Å². The standard InChI is InChI=1S/C21H24O.C21H22O/c2*1-4-6-17-8-12-19(13-9-17)16(3)21(22)20-14-10-18(7-5-2)11-15-20/h4-16,21-22H,1-3H3;4-16H,1-3H3/b2*6-4+,7-5+. The first kappa shape index (κ1) is 34.0. The van der Waals surface area contributed by atoms with Gasteiger partial charge in [0.1, 0.15) is 0 Å². The van der Waals surface area contributed by atoms with Gasteiger partial charge in [0.05, 0.1) is 6.10 Å². The number of benzene rings is 4. The maximum atomic E-state index is 12.6. The number of aliphatic hydroxyl groups excluding tert-OH is 1. The molecule has 2 nitrogen and oxygen atoms in total. The number of hydrogen-bond donors (Lipinski definition) is 1. The number of carbonyl (C=O) groups is 1. The van der Waals surface area contributed by atoms with Crippen molar-refractivity contribution in [2.75, 3.05) is 0 Å². The van der Waals surface area contributed by atoms with Gasteiger partial charge in [0.25, 0.3) is 0 Å². The lowest BCUT2D eigenvalue weighted by Gasteiger charge is -2.20. The Balaban J connectivity index is 0.000000240. The SMILES string of the molecule is C/C=C/c1ccc(C(=O)C(C)c2ccc(/C=C/C)cc2)cc1.C/C=C/c1ccc(C(C)C(O)c2ccc(/C=C/C)cc2)cc1. The molecule has 44 heavy (non-hydrogen) atoms. The fraction of sp³-hybridized carbons (Fsp3) is 0.214. The first-order valence-corrected chi connectivity index (χ1v) is 15.4. The Morgan fingerprint density at radius 1 is 0.500 bits per heavy atom. The van der Waals surface area contributed by atoms with E-state index in [0.29, 0.717) is 0 Å². The lowest BCUT2D eigenvalue weighted by atomic mass is 9.90. The predicted octanol–water partition coefficient (Wildman–Crippen LogP) is 11.3. The normalized spacial score (nSPS) is 13.7. The number of allylic oxidation sites excluding steroid dienone is 4. The summed E-state index contributed by atoms with van der Waals surface area (Å²) in [7, 11) is 0. The zero-order valence-electron chi connectivity index (χ0n) is 26.9. The Bertz CT molecular complexity index is 1490. The van der Waals surface area contributed by atoms with Crippen molar-refractivity contribution >= 4 is 30.1 Å². The van der Waals surface area contributed by atoms with Crippen LogP contribution in [-0.4, -0.2) is 10.9 Å². The minimum Gasteiger partial charge on any atom is -0.388 e. The largest absolute Gasteiger partial charge is 0.388 e. The van der Waals surface area contributed by atoms with Gasteiger partial charge in [-0.3, -0.25) is 4.79 Å². The van der Waals surface area contributed by atoms with E-state index in [1.165, 1.54) is 5.56 Å². The summed E-state index contributed by atoms with van der Waals surface area (Å²) in [4.78, 5) is 12.6. The highest BCUT2D eigenvalue weighted by Crippen LogP contribution is 2.31. The molecule has 0 aliphatic rings. The van der Waals surface area contributed by atoms with Gasteiger partial charge in [-0.15, -0.1) is 0 Å². The first-order chi connectivity index (χ1) is 21.3. The summed E-state index contributed by atoms with van der Waals surface area (Å²) in [6.07, 6.45) is 15.8. The summed E-state index contributed by atoms with van der Waals surface area (Å²) in [5.74, 6) is 0.0882. The maximum absolute atomic E-state index is 12.6. The lowest BCUT2D eigenvalue weighted by molar-refractivity contribution is 0.0966. The molecule has 0 fully saturated rings. The first-order valence-electron chi connectivity index (χ1n) is 15.4. The second-order valence-electron chi connectivity index (χ2n) is 10.9. The molecule has 0 aliphatic heterocycles. The van der Waals surface area contributed by atoms with Crippen LogP contribution >= 0.6 is 0 Å². The summed E-state index contributed by atoms with van der Waals surface area (Å²) in [5, 5.41) is 10.6. The van der Waals surface area contributed by atoms with Crippen LogP contribution in [0.4, 0.5) is 0 Å². The molecule has 3 unspecified atom stereocenters.